The Morgan fingerprint density at radius 3 is 1.17 bits per heavy atom. The number of benzene rings is 3. The Labute approximate surface area is 282 Å². The van der Waals surface area contributed by atoms with Gasteiger partial charge in [-0.1, -0.05) is 90.1 Å². The van der Waals surface area contributed by atoms with E-state index in [0.29, 0.717) is 37.3 Å². The van der Waals surface area contributed by atoms with Crippen LogP contribution in [0.15, 0.2) is 72.8 Å². The molecule has 0 atom stereocenters. The molecule has 0 saturated heterocycles. The van der Waals surface area contributed by atoms with Gasteiger partial charge in [-0.05, 0) is 72.3 Å². The number of amides is 2. The van der Waals surface area contributed by atoms with E-state index in [4.69, 9.17) is 22.0 Å². The quantitative estimate of drug-likeness (QED) is 0.237. The number of nitrogens with two attached hydrogens (primary N) is 2. The third-order valence-corrected chi connectivity index (χ3v) is 6.62. The van der Waals surface area contributed by atoms with Crippen molar-refractivity contribution in [3.63, 3.8) is 0 Å². The minimum absolute atomic E-state index is 0. The summed E-state index contributed by atoms with van der Waals surface area (Å²) in [7, 11) is 0. The largest absolute Gasteiger partial charge is 0.355 e. The second kappa shape index (κ2) is 21.5. The van der Waals surface area contributed by atoms with Crippen molar-refractivity contribution < 1.29 is 9.59 Å². The summed E-state index contributed by atoms with van der Waals surface area (Å²) in [6.07, 6.45) is 2.52. The highest BCUT2D eigenvalue weighted by atomic mass is 35.5. The van der Waals surface area contributed by atoms with Crippen LogP contribution in [0.25, 0.3) is 0 Å². The Hall–Kier alpha value is -4.21. The first kappa shape index (κ1) is 41.8. The average molecular weight is 647 g/mol. The number of hydrogen-bond acceptors (Lipinski definition) is 6. The fourth-order valence-electron chi connectivity index (χ4n) is 3.67. The molecule has 0 saturated carbocycles. The van der Waals surface area contributed by atoms with Crippen LogP contribution < -0.4 is 22.1 Å². The second-order valence-corrected chi connectivity index (χ2v) is 12.7. The highest BCUT2D eigenvalue weighted by Crippen LogP contribution is 2.13. The van der Waals surface area contributed by atoms with Gasteiger partial charge in [-0.2, -0.15) is 10.5 Å². The van der Waals surface area contributed by atoms with Crippen molar-refractivity contribution in [3.8, 4) is 12.1 Å². The van der Waals surface area contributed by atoms with Crippen LogP contribution in [-0.4, -0.2) is 31.4 Å². The Bertz CT molecular complexity index is 1390. The first-order valence-electron chi connectivity index (χ1n) is 15.3. The lowest BCUT2D eigenvalue weighted by Gasteiger charge is -2.17. The van der Waals surface area contributed by atoms with E-state index in [1.54, 1.807) is 12.1 Å². The fraction of sp³-hybridized carbons (Fsp3) is 0.405. The van der Waals surface area contributed by atoms with Crippen LogP contribution in [-0.2, 0) is 35.4 Å². The van der Waals surface area contributed by atoms with Crippen molar-refractivity contribution in [3.05, 3.63) is 106 Å². The van der Waals surface area contributed by atoms with E-state index in [-0.39, 0.29) is 35.1 Å². The maximum absolute atomic E-state index is 11.6. The van der Waals surface area contributed by atoms with Crippen LogP contribution in [0.5, 0.6) is 0 Å². The number of carbonyl (C=O) groups is 2. The number of nitriles is 2. The van der Waals surface area contributed by atoms with Gasteiger partial charge < -0.3 is 22.1 Å². The first-order chi connectivity index (χ1) is 21.2. The Morgan fingerprint density at radius 2 is 0.891 bits per heavy atom. The highest BCUT2D eigenvalue weighted by molar-refractivity contribution is 5.85. The lowest BCUT2D eigenvalue weighted by atomic mass is 9.95. The standard InChI is InChI=1S/C14H22N2O.C14H18N2O.C9H10N2.ClH/c2*1-14(2,3)13(17)16-9-8-11-4-6-12(10-15)7-5-11;10-6-5-8-1-3-9(7-11)4-2-8;/h4-7H,8-10,15H2,1-3H3,(H,16,17);4-7H,8-9H2,1-3H3,(H,16,17);1-4H,5-6,10H2;1H. The van der Waals surface area contributed by atoms with E-state index in [0.717, 1.165) is 30.4 Å². The first-order valence-corrected chi connectivity index (χ1v) is 15.3. The third-order valence-electron chi connectivity index (χ3n) is 6.62. The summed E-state index contributed by atoms with van der Waals surface area (Å²) in [5, 5.41) is 23.0. The number of rotatable bonds is 9. The molecule has 2 amide bonds. The van der Waals surface area contributed by atoms with E-state index >= 15 is 0 Å². The summed E-state index contributed by atoms with van der Waals surface area (Å²) in [5.74, 6) is 0.155. The minimum atomic E-state index is -0.343. The second-order valence-electron chi connectivity index (χ2n) is 12.7. The summed E-state index contributed by atoms with van der Waals surface area (Å²) < 4.78 is 0. The molecule has 3 aromatic rings. The summed E-state index contributed by atoms with van der Waals surface area (Å²) in [6, 6.07) is 27.2. The maximum Gasteiger partial charge on any atom is 0.225 e. The van der Waals surface area contributed by atoms with Crippen molar-refractivity contribution in [1.29, 1.82) is 10.5 Å². The molecule has 46 heavy (non-hydrogen) atoms. The highest BCUT2D eigenvalue weighted by Gasteiger charge is 2.20. The molecule has 0 spiro atoms. The van der Waals surface area contributed by atoms with Crippen LogP contribution >= 0.6 is 12.4 Å². The van der Waals surface area contributed by atoms with Gasteiger partial charge in [0.2, 0.25) is 11.8 Å². The Morgan fingerprint density at radius 1 is 0.587 bits per heavy atom. The Kier molecular flexibility index (Phi) is 19.5. The van der Waals surface area contributed by atoms with E-state index in [2.05, 4.69) is 34.9 Å². The number of carbonyl (C=O) groups excluding carboxylic acids is 2. The number of nitrogens with one attached hydrogen (secondary N) is 2. The predicted octanol–water partition coefficient (Wildman–Crippen LogP) is 5.59. The number of halogens is 1. The number of nitrogens with zero attached hydrogens (tertiary/aromatic N) is 2. The average Bonchev–Trinajstić information content (AvgIpc) is 3.02. The van der Waals surface area contributed by atoms with E-state index in [9.17, 15) is 9.59 Å². The van der Waals surface area contributed by atoms with Gasteiger partial charge in [-0.3, -0.25) is 9.59 Å². The molecule has 0 aliphatic rings. The monoisotopic (exact) mass is 646 g/mol. The molecule has 0 bridgehead atoms. The van der Waals surface area contributed by atoms with Gasteiger partial charge in [0.25, 0.3) is 0 Å². The smallest absolute Gasteiger partial charge is 0.225 e. The van der Waals surface area contributed by atoms with Crippen molar-refractivity contribution >= 4 is 24.2 Å². The maximum atomic E-state index is 11.6. The zero-order valence-electron chi connectivity index (χ0n) is 28.2. The lowest BCUT2D eigenvalue weighted by Crippen LogP contribution is -2.35. The van der Waals surface area contributed by atoms with Gasteiger partial charge >= 0.3 is 0 Å². The summed E-state index contributed by atoms with van der Waals surface area (Å²) in [4.78, 5) is 23.2. The van der Waals surface area contributed by atoms with Crippen LogP contribution in [0.4, 0.5) is 0 Å². The molecular weight excluding hydrogens is 596 g/mol. The van der Waals surface area contributed by atoms with E-state index < -0.39 is 0 Å². The van der Waals surface area contributed by atoms with Gasteiger partial charge in [0.1, 0.15) is 0 Å². The van der Waals surface area contributed by atoms with Gasteiger partial charge in [0.05, 0.1) is 23.3 Å². The van der Waals surface area contributed by atoms with Gasteiger partial charge in [-0.15, -0.1) is 12.4 Å². The van der Waals surface area contributed by atoms with Gasteiger partial charge in [0, 0.05) is 30.5 Å². The summed E-state index contributed by atoms with van der Waals surface area (Å²) in [5.41, 5.74) is 16.3. The third kappa shape index (κ3) is 17.3. The molecule has 6 N–H and O–H groups in total. The molecular formula is C37H51ClN6O2. The molecule has 0 aliphatic carbocycles. The summed E-state index contributed by atoms with van der Waals surface area (Å²) >= 11 is 0. The van der Waals surface area contributed by atoms with E-state index in [1.807, 2.05) is 90.1 Å². The minimum Gasteiger partial charge on any atom is -0.355 e. The molecule has 3 rings (SSSR count). The van der Waals surface area contributed by atoms with Crippen molar-refractivity contribution in [1.82, 2.24) is 10.6 Å². The fourth-order valence-corrected chi connectivity index (χ4v) is 3.67. The summed E-state index contributed by atoms with van der Waals surface area (Å²) in [6.45, 7) is 14.0. The molecule has 3 aromatic carbocycles. The molecule has 0 unspecified atom stereocenters. The van der Waals surface area contributed by atoms with Crippen LogP contribution in [0, 0.1) is 33.5 Å². The molecule has 9 heteroatoms. The van der Waals surface area contributed by atoms with Crippen molar-refractivity contribution in [2.75, 3.05) is 19.6 Å². The van der Waals surface area contributed by atoms with Gasteiger partial charge in [-0.25, -0.2) is 0 Å². The van der Waals surface area contributed by atoms with E-state index in [1.165, 1.54) is 11.1 Å². The van der Waals surface area contributed by atoms with Crippen LogP contribution in [0.3, 0.4) is 0 Å². The molecule has 0 radical (unpaired) electrons. The molecule has 0 heterocycles. The molecule has 0 aromatic heterocycles. The molecule has 8 nitrogen and oxygen atoms in total. The Balaban J connectivity index is 0.000000669. The van der Waals surface area contributed by atoms with Crippen LogP contribution in [0.2, 0.25) is 0 Å². The molecule has 0 fully saturated rings. The van der Waals surface area contributed by atoms with Crippen LogP contribution in [0.1, 0.15) is 74.9 Å². The molecule has 0 aliphatic heterocycles. The zero-order valence-corrected chi connectivity index (χ0v) is 29.0. The normalized spacial score (nSPS) is 10.3. The predicted molar refractivity (Wildman–Crippen MR) is 189 cm³/mol. The SMILES string of the molecule is CC(C)(C)C(=O)NCCc1ccc(C#N)cc1.CC(C)(C)C(=O)NCCc1ccc(CN)cc1.Cl.N#Cc1ccc(CCN)cc1. The zero-order chi connectivity index (χ0) is 33.9. The van der Waals surface area contributed by atoms with Crippen molar-refractivity contribution in [2.45, 2.75) is 67.3 Å². The topological polar surface area (TPSA) is 158 Å². The molecule has 248 valence electrons. The lowest BCUT2D eigenvalue weighted by molar-refractivity contribution is -0.129. The van der Waals surface area contributed by atoms with Gasteiger partial charge in [0.15, 0.2) is 0 Å². The number of hydrogen-bond donors (Lipinski definition) is 4. The van der Waals surface area contributed by atoms with Crippen molar-refractivity contribution in [2.24, 2.45) is 22.3 Å².